The molecule has 1 aromatic heterocycles. The van der Waals surface area contributed by atoms with E-state index in [1.807, 2.05) is 31.2 Å². The lowest BCUT2D eigenvalue weighted by Gasteiger charge is -2.15. The predicted octanol–water partition coefficient (Wildman–Crippen LogP) is 7.19. The van der Waals surface area contributed by atoms with E-state index in [2.05, 4.69) is 10.3 Å². The van der Waals surface area contributed by atoms with E-state index in [-0.39, 0.29) is 12.6 Å². The Hall–Kier alpha value is -4.08. The monoisotopic (exact) mass is 518 g/mol. The zero-order valence-corrected chi connectivity index (χ0v) is 19.6. The SMILES string of the molecule is COc1ccc(-c2ccc(CNC(=O)c3cc(C(F)(F)F)cc(C(F)(F)F)c3)c3cnccc23)cc1C. The highest BCUT2D eigenvalue weighted by atomic mass is 19.4. The molecule has 0 aliphatic heterocycles. The Morgan fingerprint density at radius 3 is 2.16 bits per heavy atom. The van der Waals surface area contributed by atoms with Gasteiger partial charge in [-0.25, -0.2) is 0 Å². The third kappa shape index (κ3) is 5.52. The number of halogens is 6. The van der Waals surface area contributed by atoms with E-state index in [1.54, 1.807) is 31.6 Å². The molecule has 192 valence electrons. The van der Waals surface area contributed by atoms with E-state index in [0.29, 0.717) is 23.1 Å². The lowest BCUT2D eigenvalue weighted by atomic mass is 9.95. The molecule has 10 heteroatoms. The van der Waals surface area contributed by atoms with Crippen LogP contribution in [0.2, 0.25) is 0 Å². The maximum atomic E-state index is 13.2. The molecule has 0 bridgehead atoms. The predicted molar refractivity (Wildman–Crippen MR) is 126 cm³/mol. The summed E-state index contributed by atoms with van der Waals surface area (Å²) in [7, 11) is 1.58. The molecule has 3 aromatic carbocycles. The van der Waals surface area contributed by atoms with Gasteiger partial charge < -0.3 is 10.1 Å². The number of fused-ring (bicyclic) bond motifs is 1. The first-order chi connectivity index (χ1) is 17.4. The highest BCUT2D eigenvalue weighted by Crippen LogP contribution is 2.37. The molecular weight excluding hydrogens is 498 g/mol. The van der Waals surface area contributed by atoms with Crippen molar-refractivity contribution in [3.63, 3.8) is 0 Å². The van der Waals surface area contributed by atoms with Gasteiger partial charge in [-0.05, 0) is 71.0 Å². The summed E-state index contributed by atoms with van der Waals surface area (Å²) in [6, 6.07) is 11.8. The molecule has 0 radical (unpaired) electrons. The number of rotatable bonds is 5. The van der Waals surface area contributed by atoms with Gasteiger partial charge in [0.1, 0.15) is 5.75 Å². The first-order valence-corrected chi connectivity index (χ1v) is 11.0. The van der Waals surface area contributed by atoms with E-state index >= 15 is 0 Å². The van der Waals surface area contributed by atoms with Gasteiger partial charge >= 0.3 is 12.4 Å². The van der Waals surface area contributed by atoms with Crippen LogP contribution in [0.15, 0.2) is 67.0 Å². The zero-order valence-electron chi connectivity index (χ0n) is 19.6. The van der Waals surface area contributed by atoms with E-state index in [0.717, 1.165) is 27.8 Å². The van der Waals surface area contributed by atoms with Crippen molar-refractivity contribution < 1.29 is 35.9 Å². The van der Waals surface area contributed by atoms with Crippen molar-refractivity contribution in [1.82, 2.24) is 10.3 Å². The number of carbonyl (C=O) groups excluding carboxylic acids is 1. The number of hydrogen-bond acceptors (Lipinski definition) is 3. The number of hydrogen-bond donors (Lipinski definition) is 1. The maximum absolute atomic E-state index is 13.2. The summed E-state index contributed by atoms with van der Waals surface area (Å²) in [6.45, 7) is 1.77. The maximum Gasteiger partial charge on any atom is 0.416 e. The number of benzene rings is 3. The van der Waals surface area contributed by atoms with E-state index < -0.39 is 35.0 Å². The summed E-state index contributed by atoms with van der Waals surface area (Å²) in [4.78, 5) is 16.8. The molecule has 4 aromatic rings. The molecule has 1 amide bonds. The van der Waals surface area contributed by atoms with Gasteiger partial charge in [-0.3, -0.25) is 9.78 Å². The lowest BCUT2D eigenvalue weighted by molar-refractivity contribution is -0.143. The zero-order chi connectivity index (χ0) is 27.0. The number of carbonyl (C=O) groups is 1. The largest absolute Gasteiger partial charge is 0.496 e. The Bertz CT molecular complexity index is 1450. The van der Waals surface area contributed by atoms with Gasteiger partial charge in [-0.15, -0.1) is 0 Å². The van der Waals surface area contributed by atoms with Crippen LogP contribution in [0.5, 0.6) is 5.75 Å². The minimum absolute atomic E-state index is 0.0183. The smallest absolute Gasteiger partial charge is 0.416 e. The van der Waals surface area contributed by atoms with Crippen molar-refractivity contribution in [3.05, 3.63) is 94.8 Å². The molecule has 0 fully saturated rings. The molecule has 4 nitrogen and oxygen atoms in total. The quantitative estimate of drug-likeness (QED) is 0.285. The normalized spacial score (nSPS) is 12.0. The van der Waals surface area contributed by atoms with Crippen molar-refractivity contribution in [3.8, 4) is 16.9 Å². The number of nitrogens with zero attached hydrogens (tertiary/aromatic N) is 1. The van der Waals surface area contributed by atoms with Crippen LogP contribution in [0.4, 0.5) is 26.3 Å². The lowest BCUT2D eigenvalue weighted by Crippen LogP contribution is -2.24. The second kappa shape index (κ2) is 9.76. The molecule has 0 aliphatic rings. The van der Waals surface area contributed by atoms with Crippen LogP contribution in [-0.2, 0) is 18.9 Å². The number of nitrogens with one attached hydrogen (secondary N) is 1. The van der Waals surface area contributed by atoms with Gasteiger partial charge in [0, 0.05) is 29.9 Å². The number of ether oxygens (including phenoxy) is 1. The van der Waals surface area contributed by atoms with Crippen LogP contribution in [0, 0.1) is 6.92 Å². The highest BCUT2D eigenvalue weighted by molar-refractivity contribution is 5.99. The molecule has 0 saturated carbocycles. The average molecular weight is 518 g/mol. The summed E-state index contributed by atoms with van der Waals surface area (Å²) in [5, 5.41) is 3.91. The fraction of sp³-hybridized carbons (Fsp3) is 0.185. The Balaban J connectivity index is 1.65. The molecule has 0 aliphatic carbocycles. The molecule has 0 unspecified atom stereocenters. The van der Waals surface area contributed by atoms with Crippen LogP contribution in [0.3, 0.4) is 0 Å². The first-order valence-electron chi connectivity index (χ1n) is 11.0. The van der Waals surface area contributed by atoms with E-state index in [4.69, 9.17) is 4.74 Å². The van der Waals surface area contributed by atoms with E-state index in [9.17, 15) is 31.1 Å². The summed E-state index contributed by atoms with van der Waals surface area (Å²) < 4.78 is 84.3. The molecular formula is C27H20F6N2O2. The summed E-state index contributed by atoms with van der Waals surface area (Å²) in [6.07, 6.45) is -6.91. The number of amides is 1. The summed E-state index contributed by atoms with van der Waals surface area (Å²) in [5.74, 6) is -0.333. The van der Waals surface area contributed by atoms with Crippen molar-refractivity contribution in [2.45, 2.75) is 25.8 Å². The van der Waals surface area contributed by atoms with Crippen molar-refractivity contribution in [2.24, 2.45) is 0 Å². The van der Waals surface area contributed by atoms with Crippen molar-refractivity contribution in [1.29, 1.82) is 0 Å². The summed E-state index contributed by atoms with van der Waals surface area (Å²) >= 11 is 0. The van der Waals surface area contributed by atoms with Gasteiger partial charge in [0.05, 0.1) is 18.2 Å². The van der Waals surface area contributed by atoms with Crippen molar-refractivity contribution >= 4 is 16.7 Å². The standard InChI is InChI=1S/C27H20F6N2O2/c1-15-9-16(4-6-24(15)37-2)21-5-3-17(23-14-34-8-7-22(21)23)13-35-25(36)18-10-19(26(28,29)30)12-20(11-18)27(31,32)33/h3-12,14H,13H2,1-2H3,(H,35,36). The third-order valence-corrected chi connectivity index (χ3v) is 5.90. The number of alkyl halides is 6. The molecule has 0 saturated heterocycles. The van der Waals surface area contributed by atoms with Gasteiger partial charge in [0.2, 0.25) is 0 Å². The fourth-order valence-electron chi connectivity index (χ4n) is 4.06. The Morgan fingerprint density at radius 1 is 0.892 bits per heavy atom. The molecule has 0 spiro atoms. The fourth-order valence-corrected chi connectivity index (χ4v) is 4.06. The second-order valence-electron chi connectivity index (χ2n) is 8.36. The number of methoxy groups -OCH3 is 1. The number of aryl methyl sites for hydroxylation is 1. The molecule has 4 rings (SSSR count). The van der Waals surface area contributed by atoms with Gasteiger partial charge in [0.25, 0.3) is 5.91 Å². The van der Waals surface area contributed by atoms with Gasteiger partial charge in [-0.1, -0.05) is 18.2 Å². The highest BCUT2D eigenvalue weighted by Gasteiger charge is 2.37. The molecule has 1 heterocycles. The second-order valence-corrected chi connectivity index (χ2v) is 8.36. The minimum atomic E-state index is -5.05. The number of pyridine rings is 1. The molecule has 37 heavy (non-hydrogen) atoms. The Labute approximate surface area is 207 Å². The number of aromatic nitrogens is 1. The van der Waals surface area contributed by atoms with Crippen molar-refractivity contribution in [2.75, 3.05) is 7.11 Å². The topological polar surface area (TPSA) is 51.2 Å². The van der Waals surface area contributed by atoms with Crippen LogP contribution in [0.25, 0.3) is 21.9 Å². The van der Waals surface area contributed by atoms with Crippen LogP contribution >= 0.6 is 0 Å². The van der Waals surface area contributed by atoms with Gasteiger partial charge in [-0.2, -0.15) is 26.3 Å². The summed E-state index contributed by atoms with van der Waals surface area (Å²) in [5.41, 5.74) is -0.539. The Kier molecular flexibility index (Phi) is 6.86. The molecule has 1 N–H and O–H groups in total. The molecule has 0 atom stereocenters. The van der Waals surface area contributed by atoms with E-state index in [1.165, 1.54) is 0 Å². The third-order valence-electron chi connectivity index (χ3n) is 5.90. The average Bonchev–Trinajstić information content (AvgIpc) is 2.85. The van der Waals surface area contributed by atoms with Crippen LogP contribution in [-0.4, -0.2) is 18.0 Å². The van der Waals surface area contributed by atoms with Gasteiger partial charge in [0.15, 0.2) is 0 Å². The van der Waals surface area contributed by atoms with Crippen LogP contribution in [0.1, 0.15) is 32.6 Å². The Morgan fingerprint density at radius 2 is 1.57 bits per heavy atom. The first kappa shape index (κ1) is 26.0. The van der Waals surface area contributed by atoms with Crippen LogP contribution < -0.4 is 10.1 Å². The minimum Gasteiger partial charge on any atom is -0.496 e.